The summed E-state index contributed by atoms with van der Waals surface area (Å²) in [6, 6.07) is 0. The Kier molecular flexibility index (Phi) is 4.69. The first-order valence-electron chi connectivity index (χ1n) is 3.56. The van der Waals surface area contributed by atoms with Crippen molar-refractivity contribution in [2.24, 2.45) is 0 Å². The van der Waals surface area contributed by atoms with Crippen molar-refractivity contribution in [3.63, 3.8) is 0 Å². The molecule has 0 aromatic heterocycles. The molecule has 1 unspecified atom stereocenters. The van der Waals surface area contributed by atoms with Crippen molar-refractivity contribution < 1.29 is 52.1 Å². The van der Waals surface area contributed by atoms with Crippen LogP contribution in [-0.4, -0.2) is 35.4 Å². The Morgan fingerprint density at radius 1 is 0.833 bits per heavy atom. The lowest BCUT2D eigenvalue weighted by molar-refractivity contribution is -0.428. The summed E-state index contributed by atoms with van der Waals surface area (Å²) in [7, 11) is 0.395. The third kappa shape index (κ3) is 2.88. The first-order chi connectivity index (χ1) is 7.70. The Morgan fingerprint density at radius 3 is 1.50 bits per heavy atom. The molecule has 13 heteroatoms. The van der Waals surface area contributed by atoms with Crippen LogP contribution in [0.2, 0.25) is 0 Å². The van der Waals surface area contributed by atoms with E-state index in [9.17, 15) is 43.7 Å². The average Bonchev–Trinajstić information content (AvgIpc) is 2.14. The largest absolute Gasteiger partial charge is 0.460 e. The highest BCUT2D eigenvalue weighted by Crippen LogP contribution is 2.53. The van der Waals surface area contributed by atoms with Crippen LogP contribution in [0.5, 0.6) is 0 Å². The second kappa shape index (κ2) is 4.85. The molecule has 1 atom stereocenters. The predicted molar refractivity (Wildman–Crippen MR) is 37.1 cm³/mol. The molecular formula is C5H3F9O3S. The lowest BCUT2D eigenvalue weighted by atomic mass is 10.1. The van der Waals surface area contributed by atoms with E-state index in [-0.39, 0.29) is 0 Å². The fraction of sp³-hybridized carbons (Fsp3) is 1.00. The van der Waals surface area contributed by atoms with E-state index >= 15 is 0 Å². The van der Waals surface area contributed by atoms with Gasteiger partial charge < -0.3 is 0 Å². The molecule has 0 amide bonds. The summed E-state index contributed by atoms with van der Waals surface area (Å²) < 4.78 is 125. The number of halogens is 9. The Labute approximate surface area is 95.7 Å². The van der Waals surface area contributed by atoms with Crippen molar-refractivity contribution in [2.75, 3.05) is 7.11 Å². The van der Waals surface area contributed by atoms with Gasteiger partial charge in [-0.1, -0.05) is 0 Å². The maximum absolute atomic E-state index is 12.4. The van der Waals surface area contributed by atoms with Crippen molar-refractivity contribution in [2.45, 2.75) is 24.1 Å². The van der Waals surface area contributed by atoms with Crippen LogP contribution >= 0.6 is 0 Å². The summed E-state index contributed by atoms with van der Waals surface area (Å²) in [6.07, 6.45) is -13.3. The molecule has 0 aromatic rings. The lowest BCUT2D eigenvalue weighted by Crippen LogP contribution is -2.61. The summed E-state index contributed by atoms with van der Waals surface area (Å²) in [4.78, 5) is 0. The van der Waals surface area contributed by atoms with E-state index in [1.807, 2.05) is 0 Å². The molecule has 0 rings (SSSR count). The van der Waals surface area contributed by atoms with E-state index in [1.165, 1.54) is 0 Å². The van der Waals surface area contributed by atoms with E-state index in [2.05, 4.69) is 8.37 Å². The van der Waals surface area contributed by atoms with Crippen molar-refractivity contribution in [3.8, 4) is 0 Å². The predicted octanol–water partition coefficient (Wildman–Crippen LogP) is 2.65. The Balaban J connectivity index is 5.42. The van der Waals surface area contributed by atoms with Gasteiger partial charge in [-0.3, -0.25) is 4.18 Å². The molecule has 0 aliphatic carbocycles. The van der Waals surface area contributed by atoms with E-state index in [0.29, 0.717) is 7.11 Å². The molecule has 0 saturated heterocycles. The normalized spacial score (nSPS) is 16.8. The molecule has 0 fully saturated rings. The molecule has 0 bridgehead atoms. The van der Waals surface area contributed by atoms with Gasteiger partial charge in [-0.15, -0.1) is 0 Å². The molecule has 18 heavy (non-hydrogen) atoms. The van der Waals surface area contributed by atoms with Crippen LogP contribution in [0.15, 0.2) is 0 Å². The molecule has 0 N–H and O–H groups in total. The molecule has 0 aliphatic heterocycles. The van der Waals surface area contributed by atoms with Gasteiger partial charge in [0.05, 0.1) is 7.11 Å². The van der Waals surface area contributed by atoms with Crippen LogP contribution in [0, 0.1) is 0 Å². The van der Waals surface area contributed by atoms with Crippen LogP contribution in [0.4, 0.5) is 39.5 Å². The van der Waals surface area contributed by atoms with Gasteiger partial charge in [0.15, 0.2) is 0 Å². The minimum Gasteiger partial charge on any atom is -0.272 e. The number of hydrogen-bond donors (Lipinski definition) is 0. The maximum Gasteiger partial charge on any atom is 0.460 e. The van der Waals surface area contributed by atoms with Gasteiger partial charge in [0.2, 0.25) is 0 Å². The van der Waals surface area contributed by atoms with Gasteiger partial charge in [-0.25, -0.2) is 0 Å². The second-order valence-corrected chi connectivity index (χ2v) is 3.53. The minimum atomic E-state index is -7.10. The van der Waals surface area contributed by atoms with Gasteiger partial charge in [-0.05, 0) is 0 Å². The highest BCUT2D eigenvalue weighted by atomic mass is 32.2. The Hall–Kier alpha value is -0.560. The number of hydrogen-bond acceptors (Lipinski definition) is 3. The van der Waals surface area contributed by atoms with E-state index < -0.39 is 35.5 Å². The SMILES string of the molecule is COS(=O)OC(F)(F)C(F)(F)C(F)(F)C(F)(F)F. The zero-order valence-electron chi connectivity index (χ0n) is 8.03. The summed E-state index contributed by atoms with van der Waals surface area (Å²) in [5.74, 6) is -14.1. The third-order valence-electron chi connectivity index (χ3n) is 1.42. The van der Waals surface area contributed by atoms with Crippen molar-refractivity contribution in [3.05, 3.63) is 0 Å². The maximum atomic E-state index is 12.4. The van der Waals surface area contributed by atoms with E-state index in [4.69, 9.17) is 0 Å². The molecule has 3 nitrogen and oxygen atoms in total. The van der Waals surface area contributed by atoms with Crippen molar-refractivity contribution in [1.29, 1.82) is 0 Å². The molecule has 0 spiro atoms. The smallest absolute Gasteiger partial charge is 0.272 e. The lowest BCUT2D eigenvalue weighted by Gasteiger charge is -2.31. The van der Waals surface area contributed by atoms with Gasteiger partial charge in [-0.2, -0.15) is 47.9 Å². The molecule has 0 saturated carbocycles. The van der Waals surface area contributed by atoms with Crippen LogP contribution in [0.25, 0.3) is 0 Å². The highest BCUT2D eigenvalue weighted by Gasteiger charge is 2.83. The van der Waals surface area contributed by atoms with Gasteiger partial charge >= 0.3 is 35.5 Å². The Morgan fingerprint density at radius 2 is 1.22 bits per heavy atom. The summed E-state index contributed by atoms with van der Waals surface area (Å²) in [6.45, 7) is 0. The quantitative estimate of drug-likeness (QED) is 0.732. The van der Waals surface area contributed by atoms with Crippen molar-refractivity contribution >= 4 is 11.4 Å². The molecular weight excluding hydrogens is 311 g/mol. The van der Waals surface area contributed by atoms with Crippen LogP contribution in [-0.2, 0) is 19.7 Å². The summed E-state index contributed by atoms with van der Waals surface area (Å²) in [5.41, 5.74) is 0. The standard InChI is InChI=1S/C5H3F9O3S/c1-16-18(15)17-5(13,14)3(8,9)2(6,7)4(10,11)12/h1H3. The average molecular weight is 314 g/mol. The highest BCUT2D eigenvalue weighted by molar-refractivity contribution is 7.75. The fourth-order valence-corrected chi connectivity index (χ4v) is 0.876. The van der Waals surface area contributed by atoms with Crippen LogP contribution in [0.3, 0.4) is 0 Å². The third-order valence-corrected chi connectivity index (χ3v) is 2.04. The van der Waals surface area contributed by atoms with Gasteiger partial charge in [0.1, 0.15) is 0 Å². The van der Waals surface area contributed by atoms with Gasteiger partial charge in [0.25, 0.3) is 0 Å². The summed E-state index contributed by atoms with van der Waals surface area (Å²) in [5, 5.41) is 0. The fourth-order valence-electron chi connectivity index (χ4n) is 0.533. The van der Waals surface area contributed by atoms with E-state index in [0.717, 1.165) is 0 Å². The molecule has 0 heterocycles. The second-order valence-electron chi connectivity index (χ2n) is 2.62. The molecule has 110 valence electrons. The first-order valence-corrected chi connectivity index (χ1v) is 4.56. The zero-order chi connectivity index (χ0) is 15.0. The van der Waals surface area contributed by atoms with E-state index in [1.54, 1.807) is 0 Å². The minimum absolute atomic E-state index is 0.395. The number of rotatable bonds is 5. The summed E-state index contributed by atoms with van der Waals surface area (Å²) >= 11 is -3.64. The monoisotopic (exact) mass is 314 g/mol. The van der Waals surface area contributed by atoms with Crippen LogP contribution in [0.1, 0.15) is 0 Å². The zero-order valence-corrected chi connectivity index (χ0v) is 8.85. The van der Waals surface area contributed by atoms with Crippen LogP contribution < -0.4 is 0 Å². The van der Waals surface area contributed by atoms with Crippen molar-refractivity contribution in [1.82, 2.24) is 0 Å². The first kappa shape index (κ1) is 17.4. The number of alkyl halides is 9. The van der Waals surface area contributed by atoms with Gasteiger partial charge in [0, 0.05) is 0 Å². The molecule has 0 aliphatic rings. The Bertz CT molecular complexity index is 325. The topological polar surface area (TPSA) is 35.5 Å². The molecule has 0 radical (unpaired) electrons. The molecule has 0 aromatic carbocycles.